The summed E-state index contributed by atoms with van der Waals surface area (Å²) in [7, 11) is 0. The molecule has 1 aliphatic heterocycles. The Balaban J connectivity index is 1.97. The van der Waals surface area contributed by atoms with Gasteiger partial charge < -0.3 is 4.90 Å². The first-order chi connectivity index (χ1) is 8.34. The number of likely N-dealkylation sites (tertiary alicyclic amines) is 1. The van der Waals surface area contributed by atoms with Crippen LogP contribution in [0.15, 0.2) is 30.3 Å². The third-order valence-electron chi connectivity index (χ3n) is 3.11. The predicted molar refractivity (Wildman–Crippen MR) is 64.7 cm³/mol. The maximum atomic E-state index is 12.1. The van der Waals surface area contributed by atoms with Gasteiger partial charge in [-0.2, -0.15) is 0 Å². The number of hydrogen-bond acceptors (Lipinski definition) is 3. The van der Waals surface area contributed by atoms with Crippen molar-refractivity contribution in [2.45, 2.75) is 12.8 Å². The molecule has 0 bridgehead atoms. The van der Waals surface area contributed by atoms with Crippen LogP contribution in [0.2, 0.25) is 0 Å². The second-order valence-electron chi connectivity index (χ2n) is 4.29. The van der Waals surface area contributed by atoms with Crippen LogP contribution in [0.5, 0.6) is 0 Å². The number of carbonyl (C=O) groups excluding carboxylic acids is 1. The van der Waals surface area contributed by atoms with E-state index in [9.17, 15) is 4.79 Å². The fourth-order valence-electron chi connectivity index (χ4n) is 2.17. The molecule has 2 heterocycles. The zero-order valence-corrected chi connectivity index (χ0v) is 9.47. The van der Waals surface area contributed by atoms with Crippen molar-refractivity contribution in [3.05, 3.63) is 36.0 Å². The summed E-state index contributed by atoms with van der Waals surface area (Å²) in [6, 6.07) is 9.52. The summed E-state index contributed by atoms with van der Waals surface area (Å²) in [6.45, 7) is 1.68. The van der Waals surface area contributed by atoms with E-state index in [4.69, 9.17) is 0 Å². The molecule has 4 nitrogen and oxygen atoms in total. The van der Waals surface area contributed by atoms with E-state index in [1.54, 1.807) is 0 Å². The van der Waals surface area contributed by atoms with E-state index < -0.39 is 0 Å². The first kappa shape index (κ1) is 10.2. The van der Waals surface area contributed by atoms with E-state index in [0.717, 1.165) is 36.8 Å². The van der Waals surface area contributed by atoms with Crippen molar-refractivity contribution in [2.24, 2.45) is 0 Å². The number of amides is 1. The molecule has 0 radical (unpaired) electrons. The first-order valence-electron chi connectivity index (χ1n) is 5.86. The van der Waals surface area contributed by atoms with Gasteiger partial charge in [0.2, 0.25) is 0 Å². The lowest BCUT2D eigenvalue weighted by atomic mass is 10.2. The molecular formula is C13H13N3O. The number of carbonyl (C=O) groups is 1. The molecule has 0 spiro atoms. The average Bonchev–Trinajstić information content (AvgIpc) is 2.91. The highest BCUT2D eigenvalue weighted by Gasteiger charge is 2.20. The minimum absolute atomic E-state index is 0.000697. The molecule has 86 valence electrons. The molecule has 1 amide bonds. The third kappa shape index (κ3) is 1.86. The molecule has 1 fully saturated rings. The normalized spacial score (nSPS) is 15.4. The second-order valence-corrected chi connectivity index (χ2v) is 4.29. The van der Waals surface area contributed by atoms with E-state index >= 15 is 0 Å². The van der Waals surface area contributed by atoms with Gasteiger partial charge in [-0.05, 0) is 25.0 Å². The summed E-state index contributed by atoms with van der Waals surface area (Å²) >= 11 is 0. The monoisotopic (exact) mass is 227 g/mol. The highest BCUT2D eigenvalue weighted by Crippen LogP contribution is 2.15. The Kier molecular flexibility index (Phi) is 2.48. The summed E-state index contributed by atoms with van der Waals surface area (Å²) in [5.74, 6) is 0.000697. The van der Waals surface area contributed by atoms with Crippen molar-refractivity contribution in [1.82, 2.24) is 15.1 Å². The van der Waals surface area contributed by atoms with Gasteiger partial charge in [0.15, 0.2) is 5.69 Å². The van der Waals surface area contributed by atoms with Gasteiger partial charge in [0.1, 0.15) is 0 Å². The zero-order chi connectivity index (χ0) is 11.7. The van der Waals surface area contributed by atoms with Gasteiger partial charge in [-0.1, -0.05) is 18.2 Å². The molecule has 1 saturated heterocycles. The Labute approximate surface area is 99.3 Å². The van der Waals surface area contributed by atoms with Gasteiger partial charge in [-0.25, -0.2) is 0 Å². The van der Waals surface area contributed by atoms with Crippen molar-refractivity contribution in [1.29, 1.82) is 0 Å². The highest BCUT2D eigenvalue weighted by molar-refractivity contribution is 5.95. The Hall–Kier alpha value is -1.97. The lowest BCUT2D eigenvalue weighted by molar-refractivity contribution is 0.0786. The molecule has 2 aromatic rings. The van der Waals surface area contributed by atoms with E-state index in [1.165, 1.54) is 0 Å². The summed E-state index contributed by atoms with van der Waals surface area (Å²) in [4.78, 5) is 14.0. The number of benzene rings is 1. The Bertz CT molecular complexity index is 561. The van der Waals surface area contributed by atoms with Crippen molar-refractivity contribution in [3.63, 3.8) is 0 Å². The minimum Gasteiger partial charge on any atom is -0.337 e. The van der Waals surface area contributed by atoms with Crippen LogP contribution >= 0.6 is 0 Å². The van der Waals surface area contributed by atoms with E-state index in [-0.39, 0.29) is 5.91 Å². The molecule has 0 saturated carbocycles. The molecule has 0 N–H and O–H groups in total. The summed E-state index contributed by atoms with van der Waals surface area (Å²) in [6.07, 6.45) is 2.18. The van der Waals surface area contributed by atoms with Gasteiger partial charge in [0, 0.05) is 18.5 Å². The quantitative estimate of drug-likeness (QED) is 0.747. The molecule has 0 aliphatic carbocycles. The number of hydrogen-bond donors (Lipinski definition) is 0. The summed E-state index contributed by atoms with van der Waals surface area (Å²) in [5.41, 5.74) is 1.27. The molecule has 0 unspecified atom stereocenters. The van der Waals surface area contributed by atoms with Crippen LogP contribution in [-0.4, -0.2) is 34.1 Å². The van der Waals surface area contributed by atoms with E-state index in [0.29, 0.717) is 5.69 Å². The Morgan fingerprint density at radius 2 is 1.88 bits per heavy atom. The van der Waals surface area contributed by atoms with Gasteiger partial charge in [-0.3, -0.25) is 4.79 Å². The van der Waals surface area contributed by atoms with Crippen LogP contribution in [0.1, 0.15) is 23.3 Å². The van der Waals surface area contributed by atoms with Crippen LogP contribution in [0.4, 0.5) is 0 Å². The van der Waals surface area contributed by atoms with Crippen LogP contribution in [0, 0.1) is 0 Å². The standard InChI is InChI=1S/C13H13N3O/c17-13(16-7-3-4-8-16)12-9-10-5-1-2-6-11(10)14-15-12/h1-2,5-6,9H,3-4,7-8H2. The second kappa shape index (κ2) is 4.13. The topological polar surface area (TPSA) is 46.1 Å². The zero-order valence-electron chi connectivity index (χ0n) is 9.47. The van der Waals surface area contributed by atoms with Gasteiger partial charge in [0.25, 0.3) is 5.91 Å². The number of aromatic nitrogens is 2. The van der Waals surface area contributed by atoms with Crippen LogP contribution < -0.4 is 0 Å². The first-order valence-corrected chi connectivity index (χ1v) is 5.86. The lowest BCUT2D eigenvalue weighted by Gasteiger charge is -2.13. The van der Waals surface area contributed by atoms with Gasteiger partial charge in [0.05, 0.1) is 5.52 Å². The fourth-order valence-corrected chi connectivity index (χ4v) is 2.17. The Morgan fingerprint density at radius 1 is 1.12 bits per heavy atom. The smallest absolute Gasteiger partial charge is 0.274 e. The molecule has 17 heavy (non-hydrogen) atoms. The van der Waals surface area contributed by atoms with Crippen molar-refractivity contribution >= 4 is 16.8 Å². The summed E-state index contributed by atoms with van der Waals surface area (Å²) < 4.78 is 0. The maximum absolute atomic E-state index is 12.1. The molecule has 1 aliphatic rings. The van der Waals surface area contributed by atoms with Gasteiger partial charge in [-0.15, -0.1) is 10.2 Å². The van der Waals surface area contributed by atoms with Crippen molar-refractivity contribution < 1.29 is 4.79 Å². The minimum atomic E-state index is 0.000697. The van der Waals surface area contributed by atoms with Gasteiger partial charge >= 0.3 is 0 Å². The van der Waals surface area contributed by atoms with E-state index in [1.807, 2.05) is 35.2 Å². The summed E-state index contributed by atoms with van der Waals surface area (Å²) in [5, 5.41) is 9.05. The lowest BCUT2D eigenvalue weighted by Crippen LogP contribution is -2.28. The highest BCUT2D eigenvalue weighted by atomic mass is 16.2. The number of rotatable bonds is 1. The number of fused-ring (bicyclic) bond motifs is 1. The molecule has 3 rings (SSSR count). The predicted octanol–water partition coefficient (Wildman–Crippen LogP) is 1.87. The molecule has 0 atom stereocenters. The van der Waals surface area contributed by atoms with Crippen molar-refractivity contribution in [3.8, 4) is 0 Å². The van der Waals surface area contributed by atoms with Crippen molar-refractivity contribution in [2.75, 3.05) is 13.1 Å². The van der Waals surface area contributed by atoms with Crippen LogP contribution in [-0.2, 0) is 0 Å². The Morgan fingerprint density at radius 3 is 2.71 bits per heavy atom. The fraction of sp³-hybridized carbons (Fsp3) is 0.308. The molecule has 4 heteroatoms. The SMILES string of the molecule is O=C(c1cc2ccccc2nn1)N1CCCC1. The largest absolute Gasteiger partial charge is 0.337 e. The maximum Gasteiger partial charge on any atom is 0.274 e. The molecule has 1 aromatic heterocycles. The van der Waals surface area contributed by atoms with Crippen LogP contribution in [0.3, 0.4) is 0 Å². The average molecular weight is 227 g/mol. The van der Waals surface area contributed by atoms with Crippen LogP contribution in [0.25, 0.3) is 10.9 Å². The number of nitrogens with zero attached hydrogens (tertiary/aromatic N) is 3. The van der Waals surface area contributed by atoms with E-state index in [2.05, 4.69) is 10.2 Å². The molecular weight excluding hydrogens is 214 g/mol. The third-order valence-corrected chi connectivity index (χ3v) is 3.11. The molecule has 1 aromatic carbocycles.